The molecule has 0 fully saturated rings. The maximum atomic E-state index is 12.4. The van der Waals surface area contributed by atoms with E-state index in [0.717, 1.165) is 22.0 Å². The number of benzene rings is 2. The number of nitrogens with zero attached hydrogens (tertiary/aromatic N) is 3. The standard InChI is InChI=1S/C23H22N4O3/c1-15-8-9-17-13-18(23(29)24-19(17)12-15)22-25-20(30-26-22)10-11-21(28)27(2)14-16-6-4-3-5-7-16/h3-9,12-13H,10-11,14H2,1-2H3,(H,24,29). The Labute approximate surface area is 173 Å². The SMILES string of the molecule is Cc1ccc2cc(-c3noc(CCC(=O)N(C)Cc4ccccc4)n3)c(=O)[nH]c2c1. The Morgan fingerprint density at radius 2 is 1.93 bits per heavy atom. The molecule has 152 valence electrons. The normalized spacial score (nSPS) is 11.0. The molecular formula is C23H22N4O3. The zero-order valence-corrected chi connectivity index (χ0v) is 16.9. The Kier molecular flexibility index (Phi) is 5.43. The molecule has 0 aliphatic heterocycles. The van der Waals surface area contributed by atoms with Gasteiger partial charge in [-0.2, -0.15) is 4.98 Å². The lowest BCUT2D eigenvalue weighted by Crippen LogP contribution is -2.26. The largest absolute Gasteiger partial charge is 0.341 e. The van der Waals surface area contributed by atoms with Crippen molar-refractivity contribution in [2.75, 3.05) is 7.05 Å². The minimum atomic E-state index is -0.279. The quantitative estimate of drug-likeness (QED) is 0.533. The smallest absolute Gasteiger partial charge is 0.259 e. The minimum Gasteiger partial charge on any atom is -0.341 e. The molecule has 2 heterocycles. The highest BCUT2D eigenvalue weighted by atomic mass is 16.5. The highest BCUT2D eigenvalue weighted by Crippen LogP contribution is 2.19. The topological polar surface area (TPSA) is 92.1 Å². The first-order valence-corrected chi connectivity index (χ1v) is 9.74. The van der Waals surface area contributed by atoms with E-state index in [2.05, 4.69) is 15.1 Å². The van der Waals surface area contributed by atoms with Crippen LogP contribution in [0.1, 0.15) is 23.4 Å². The predicted molar refractivity (Wildman–Crippen MR) is 114 cm³/mol. The molecule has 0 aliphatic carbocycles. The molecule has 7 nitrogen and oxygen atoms in total. The van der Waals surface area contributed by atoms with Gasteiger partial charge in [-0.15, -0.1) is 0 Å². The molecule has 1 N–H and O–H groups in total. The summed E-state index contributed by atoms with van der Waals surface area (Å²) in [5.41, 5.74) is 2.96. The summed E-state index contributed by atoms with van der Waals surface area (Å²) in [5.74, 6) is 0.534. The first kappa shape index (κ1) is 19.6. The molecule has 0 saturated carbocycles. The number of amides is 1. The van der Waals surface area contributed by atoms with Crippen LogP contribution in [0.2, 0.25) is 0 Å². The second-order valence-corrected chi connectivity index (χ2v) is 7.35. The molecule has 0 spiro atoms. The van der Waals surface area contributed by atoms with E-state index in [1.54, 1.807) is 18.0 Å². The van der Waals surface area contributed by atoms with Crippen molar-refractivity contribution in [2.24, 2.45) is 0 Å². The van der Waals surface area contributed by atoms with Crippen molar-refractivity contribution in [1.82, 2.24) is 20.0 Å². The number of aromatic nitrogens is 3. The monoisotopic (exact) mass is 402 g/mol. The number of hydrogen-bond donors (Lipinski definition) is 1. The highest BCUT2D eigenvalue weighted by molar-refractivity contribution is 5.82. The fraction of sp³-hybridized carbons (Fsp3) is 0.217. The van der Waals surface area contributed by atoms with Gasteiger partial charge in [-0.1, -0.05) is 47.6 Å². The number of pyridine rings is 1. The Hall–Kier alpha value is -3.74. The Morgan fingerprint density at radius 3 is 2.73 bits per heavy atom. The molecule has 4 aromatic rings. The Balaban J connectivity index is 1.44. The van der Waals surface area contributed by atoms with Gasteiger partial charge in [0.05, 0.1) is 5.56 Å². The van der Waals surface area contributed by atoms with E-state index in [-0.39, 0.29) is 23.7 Å². The number of hydrogen-bond acceptors (Lipinski definition) is 5. The van der Waals surface area contributed by atoms with Gasteiger partial charge in [0.2, 0.25) is 17.6 Å². The molecule has 0 atom stereocenters. The van der Waals surface area contributed by atoms with Crippen LogP contribution in [0.4, 0.5) is 0 Å². The van der Waals surface area contributed by atoms with Crippen LogP contribution in [-0.4, -0.2) is 33.0 Å². The van der Waals surface area contributed by atoms with Gasteiger partial charge in [-0.25, -0.2) is 0 Å². The van der Waals surface area contributed by atoms with E-state index < -0.39 is 0 Å². The molecule has 4 rings (SSSR count). The lowest BCUT2D eigenvalue weighted by Gasteiger charge is -2.16. The summed E-state index contributed by atoms with van der Waals surface area (Å²) < 4.78 is 5.27. The van der Waals surface area contributed by atoms with Gasteiger partial charge >= 0.3 is 0 Å². The third kappa shape index (κ3) is 4.30. The van der Waals surface area contributed by atoms with Crippen molar-refractivity contribution >= 4 is 16.8 Å². The molecule has 0 saturated heterocycles. The molecule has 30 heavy (non-hydrogen) atoms. The van der Waals surface area contributed by atoms with Crippen LogP contribution in [0.25, 0.3) is 22.3 Å². The van der Waals surface area contributed by atoms with Crippen LogP contribution in [0.15, 0.2) is 63.9 Å². The number of fused-ring (bicyclic) bond motifs is 1. The molecule has 1 amide bonds. The van der Waals surface area contributed by atoms with E-state index in [9.17, 15) is 9.59 Å². The van der Waals surface area contributed by atoms with Crippen LogP contribution in [0.5, 0.6) is 0 Å². The van der Waals surface area contributed by atoms with Crippen molar-refractivity contribution in [2.45, 2.75) is 26.3 Å². The van der Waals surface area contributed by atoms with E-state index in [0.29, 0.717) is 24.4 Å². The zero-order valence-electron chi connectivity index (χ0n) is 16.9. The maximum absolute atomic E-state index is 12.4. The minimum absolute atomic E-state index is 0.0162. The van der Waals surface area contributed by atoms with Gasteiger partial charge in [0, 0.05) is 32.0 Å². The van der Waals surface area contributed by atoms with E-state index in [1.807, 2.05) is 55.5 Å². The highest BCUT2D eigenvalue weighted by Gasteiger charge is 2.16. The summed E-state index contributed by atoms with van der Waals surface area (Å²) in [4.78, 5) is 33.7. The van der Waals surface area contributed by atoms with Crippen molar-refractivity contribution in [3.8, 4) is 11.4 Å². The zero-order chi connectivity index (χ0) is 21.1. The molecule has 2 aromatic heterocycles. The molecular weight excluding hydrogens is 380 g/mol. The summed E-state index contributed by atoms with van der Waals surface area (Å²) in [7, 11) is 1.77. The average Bonchev–Trinajstić information content (AvgIpc) is 3.21. The fourth-order valence-corrected chi connectivity index (χ4v) is 3.30. The Morgan fingerprint density at radius 1 is 1.13 bits per heavy atom. The van der Waals surface area contributed by atoms with E-state index in [1.165, 1.54) is 0 Å². The lowest BCUT2D eigenvalue weighted by atomic mass is 10.1. The fourth-order valence-electron chi connectivity index (χ4n) is 3.30. The number of aryl methyl sites for hydroxylation is 2. The summed E-state index contributed by atoms with van der Waals surface area (Å²) in [6, 6.07) is 17.4. The van der Waals surface area contributed by atoms with Crippen molar-refractivity contribution < 1.29 is 9.32 Å². The molecule has 7 heteroatoms. The summed E-state index contributed by atoms with van der Waals surface area (Å²) in [6.07, 6.45) is 0.563. The first-order valence-electron chi connectivity index (χ1n) is 9.74. The van der Waals surface area contributed by atoms with Gasteiger partial charge in [-0.05, 0) is 35.6 Å². The maximum Gasteiger partial charge on any atom is 0.259 e. The molecule has 0 bridgehead atoms. The van der Waals surface area contributed by atoms with Crippen molar-refractivity contribution in [3.05, 3.63) is 82.0 Å². The molecule has 0 unspecified atom stereocenters. The summed E-state index contributed by atoms with van der Waals surface area (Å²) >= 11 is 0. The number of aromatic amines is 1. The number of nitrogens with one attached hydrogen (secondary N) is 1. The van der Waals surface area contributed by atoms with Crippen LogP contribution < -0.4 is 5.56 Å². The first-order chi connectivity index (χ1) is 14.5. The molecule has 0 radical (unpaired) electrons. The predicted octanol–water partition coefficient (Wildman–Crippen LogP) is 3.48. The van der Waals surface area contributed by atoms with Crippen LogP contribution in [-0.2, 0) is 17.8 Å². The van der Waals surface area contributed by atoms with Gasteiger partial charge < -0.3 is 14.4 Å². The van der Waals surface area contributed by atoms with Crippen LogP contribution >= 0.6 is 0 Å². The molecule has 2 aromatic carbocycles. The number of carbonyl (C=O) groups excluding carboxylic acids is 1. The van der Waals surface area contributed by atoms with Crippen LogP contribution in [0, 0.1) is 6.92 Å². The summed E-state index contributed by atoms with van der Waals surface area (Å²) in [6.45, 7) is 2.51. The van der Waals surface area contributed by atoms with Crippen LogP contribution in [0.3, 0.4) is 0 Å². The van der Waals surface area contributed by atoms with Crippen molar-refractivity contribution in [3.63, 3.8) is 0 Å². The third-order valence-corrected chi connectivity index (χ3v) is 4.95. The average molecular weight is 402 g/mol. The van der Waals surface area contributed by atoms with Gasteiger partial charge in [0.1, 0.15) is 0 Å². The number of H-pyrrole nitrogens is 1. The Bertz CT molecular complexity index is 1240. The molecule has 0 aliphatic rings. The van der Waals surface area contributed by atoms with Gasteiger partial charge in [-0.3, -0.25) is 9.59 Å². The lowest BCUT2D eigenvalue weighted by molar-refractivity contribution is -0.130. The van der Waals surface area contributed by atoms with Gasteiger partial charge in [0.15, 0.2) is 0 Å². The third-order valence-electron chi connectivity index (χ3n) is 4.95. The summed E-state index contributed by atoms with van der Waals surface area (Å²) in [5, 5.41) is 4.82. The van der Waals surface area contributed by atoms with E-state index in [4.69, 9.17) is 4.52 Å². The van der Waals surface area contributed by atoms with E-state index >= 15 is 0 Å². The number of rotatable bonds is 6. The second kappa shape index (κ2) is 8.32. The van der Waals surface area contributed by atoms with Gasteiger partial charge in [0.25, 0.3) is 5.56 Å². The number of carbonyl (C=O) groups is 1. The van der Waals surface area contributed by atoms with Crippen molar-refractivity contribution in [1.29, 1.82) is 0 Å². The second-order valence-electron chi connectivity index (χ2n) is 7.35.